The highest BCUT2D eigenvalue weighted by molar-refractivity contribution is 7.88. The summed E-state index contributed by atoms with van der Waals surface area (Å²) in [6.45, 7) is 2.82. The molecule has 19 heavy (non-hydrogen) atoms. The zero-order valence-electron chi connectivity index (χ0n) is 11.2. The Morgan fingerprint density at radius 3 is 2.95 bits per heavy atom. The van der Waals surface area contributed by atoms with E-state index in [1.807, 2.05) is 0 Å². The topological polar surface area (TPSA) is 70.2 Å². The van der Waals surface area contributed by atoms with Crippen molar-refractivity contribution in [3.63, 3.8) is 0 Å². The molecule has 0 unspecified atom stereocenters. The van der Waals surface area contributed by atoms with Crippen molar-refractivity contribution >= 4 is 15.7 Å². The molecule has 6 heteroatoms. The van der Waals surface area contributed by atoms with Crippen molar-refractivity contribution in [1.29, 1.82) is 0 Å². The van der Waals surface area contributed by atoms with E-state index in [0.717, 1.165) is 19.5 Å². The Balaban J connectivity index is 1.83. The number of sulfonamides is 1. The number of fused-ring (bicyclic) bond motifs is 1. The summed E-state index contributed by atoms with van der Waals surface area (Å²) in [5.74, 6) is 0. The van der Waals surface area contributed by atoms with Crippen LogP contribution in [0.4, 0.5) is 5.69 Å². The van der Waals surface area contributed by atoms with Crippen molar-refractivity contribution in [3.05, 3.63) is 29.3 Å². The molecule has 0 spiro atoms. The van der Waals surface area contributed by atoms with Gasteiger partial charge in [-0.2, -0.15) is 0 Å². The highest BCUT2D eigenvalue weighted by Gasteiger charge is 2.11. The minimum atomic E-state index is -3.09. The van der Waals surface area contributed by atoms with Crippen LogP contribution in [0, 0.1) is 0 Å². The molecule has 1 aliphatic rings. The third-order valence-corrected chi connectivity index (χ3v) is 3.87. The van der Waals surface area contributed by atoms with E-state index in [0.29, 0.717) is 13.1 Å². The molecular weight excluding hydrogens is 262 g/mol. The molecule has 0 radical (unpaired) electrons. The molecule has 1 heterocycles. The molecule has 1 aromatic rings. The first-order chi connectivity index (χ1) is 9.06. The van der Waals surface area contributed by atoms with Crippen molar-refractivity contribution < 1.29 is 8.42 Å². The summed E-state index contributed by atoms with van der Waals surface area (Å²) < 4.78 is 24.3. The summed E-state index contributed by atoms with van der Waals surface area (Å²) in [5, 5.41) is 6.70. The predicted molar refractivity (Wildman–Crippen MR) is 77.8 cm³/mol. The van der Waals surface area contributed by atoms with Crippen LogP contribution in [0.15, 0.2) is 18.2 Å². The van der Waals surface area contributed by atoms with Gasteiger partial charge in [0.1, 0.15) is 0 Å². The fourth-order valence-electron chi connectivity index (χ4n) is 2.28. The first kappa shape index (κ1) is 14.3. The van der Waals surface area contributed by atoms with Crippen LogP contribution < -0.4 is 15.4 Å². The van der Waals surface area contributed by atoms with Crippen molar-refractivity contribution in [3.8, 4) is 0 Å². The third-order valence-electron chi connectivity index (χ3n) is 3.14. The van der Waals surface area contributed by atoms with Gasteiger partial charge in [-0.1, -0.05) is 18.2 Å². The maximum Gasteiger partial charge on any atom is 0.208 e. The van der Waals surface area contributed by atoms with Crippen LogP contribution in [0.5, 0.6) is 0 Å². The Hall–Kier alpha value is -1.11. The van der Waals surface area contributed by atoms with Gasteiger partial charge in [-0.15, -0.1) is 0 Å². The average Bonchev–Trinajstić information content (AvgIpc) is 2.37. The number of aryl methyl sites for hydroxylation is 1. The van der Waals surface area contributed by atoms with E-state index in [4.69, 9.17) is 0 Å². The number of rotatable bonds is 6. The molecule has 0 atom stereocenters. The van der Waals surface area contributed by atoms with Crippen LogP contribution >= 0.6 is 0 Å². The standard InChI is InChI=1S/C13H21N3O2S/c1-19(17,18)16-9-8-14-10-12-5-2-4-11-6-3-7-15-13(11)12/h2,4-5,14-16H,3,6-10H2,1H3. The first-order valence-electron chi connectivity index (χ1n) is 6.56. The molecule has 1 aromatic carbocycles. The summed E-state index contributed by atoms with van der Waals surface area (Å²) in [6, 6.07) is 6.35. The molecule has 0 aromatic heterocycles. The van der Waals surface area contributed by atoms with Gasteiger partial charge < -0.3 is 10.6 Å². The van der Waals surface area contributed by atoms with Gasteiger partial charge in [-0.25, -0.2) is 13.1 Å². The Morgan fingerprint density at radius 1 is 1.32 bits per heavy atom. The van der Waals surface area contributed by atoms with E-state index < -0.39 is 10.0 Å². The second-order valence-corrected chi connectivity index (χ2v) is 6.66. The molecule has 0 aliphatic carbocycles. The van der Waals surface area contributed by atoms with Gasteiger partial charge in [0.05, 0.1) is 6.26 Å². The third kappa shape index (κ3) is 4.49. The Kier molecular flexibility index (Phi) is 4.79. The SMILES string of the molecule is CS(=O)(=O)NCCNCc1cccc2c1NCCC2. The van der Waals surface area contributed by atoms with E-state index in [2.05, 4.69) is 33.6 Å². The fraction of sp³-hybridized carbons (Fsp3) is 0.538. The maximum atomic E-state index is 10.9. The normalized spacial score (nSPS) is 14.8. The molecule has 0 fully saturated rings. The van der Waals surface area contributed by atoms with Crippen LogP contribution in [-0.2, 0) is 23.0 Å². The van der Waals surface area contributed by atoms with Gasteiger partial charge in [0.2, 0.25) is 10.0 Å². The zero-order valence-corrected chi connectivity index (χ0v) is 12.0. The molecule has 2 rings (SSSR count). The lowest BCUT2D eigenvalue weighted by Crippen LogP contribution is -2.31. The maximum absolute atomic E-state index is 10.9. The summed E-state index contributed by atoms with van der Waals surface area (Å²) in [7, 11) is -3.09. The van der Waals surface area contributed by atoms with Crippen LogP contribution in [0.25, 0.3) is 0 Å². The minimum absolute atomic E-state index is 0.418. The summed E-state index contributed by atoms with van der Waals surface area (Å²) in [4.78, 5) is 0. The smallest absolute Gasteiger partial charge is 0.208 e. The van der Waals surface area contributed by atoms with Crippen LogP contribution in [-0.4, -0.2) is 34.3 Å². The number of hydrogen-bond acceptors (Lipinski definition) is 4. The van der Waals surface area contributed by atoms with Gasteiger partial charge in [-0.05, 0) is 24.0 Å². The van der Waals surface area contributed by atoms with E-state index in [1.165, 1.54) is 29.5 Å². The Labute approximate surface area is 114 Å². The Morgan fingerprint density at radius 2 is 2.16 bits per heavy atom. The molecule has 0 saturated carbocycles. The van der Waals surface area contributed by atoms with E-state index >= 15 is 0 Å². The van der Waals surface area contributed by atoms with Crippen LogP contribution in [0.1, 0.15) is 17.5 Å². The molecule has 0 amide bonds. The van der Waals surface area contributed by atoms with E-state index in [9.17, 15) is 8.42 Å². The Bertz CT molecular complexity index is 529. The van der Waals surface area contributed by atoms with E-state index in [-0.39, 0.29) is 0 Å². The van der Waals surface area contributed by atoms with Crippen molar-refractivity contribution in [2.45, 2.75) is 19.4 Å². The number of para-hydroxylation sites is 1. The quantitative estimate of drug-likeness (QED) is 0.672. The second-order valence-electron chi connectivity index (χ2n) is 4.82. The van der Waals surface area contributed by atoms with Gasteiger partial charge >= 0.3 is 0 Å². The van der Waals surface area contributed by atoms with Gasteiger partial charge in [-0.3, -0.25) is 0 Å². The fourth-order valence-corrected chi connectivity index (χ4v) is 2.75. The molecule has 0 bridgehead atoms. The van der Waals surface area contributed by atoms with Crippen molar-refractivity contribution in [2.24, 2.45) is 0 Å². The number of benzene rings is 1. The van der Waals surface area contributed by atoms with Crippen LogP contribution in [0.2, 0.25) is 0 Å². The van der Waals surface area contributed by atoms with Crippen molar-refractivity contribution in [2.75, 3.05) is 31.2 Å². The largest absolute Gasteiger partial charge is 0.385 e. The summed E-state index contributed by atoms with van der Waals surface area (Å²) in [5.41, 5.74) is 3.87. The molecular formula is C13H21N3O2S. The first-order valence-corrected chi connectivity index (χ1v) is 8.45. The lowest BCUT2D eigenvalue weighted by molar-refractivity contribution is 0.582. The molecule has 1 aliphatic heterocycles. The highest BCUT2D eigenvalue weighted by atomic mass is 32.2. The summed E-state index contributed by atoms with van der Waals surface area (Å²) >= 11 is 0. The average molecular weight is 283 g/mol. The number of hydrogen-bond donors (Lipinski definition) is 3. The second kappa shape index (κ2) is 6.36. The minimum Gasteiger partial charge on any atom is -0.385 e. The van der Waals surface area contributed by atoms with Gasteiger partial charge in [0.15, 0.2) is 0 Å². The monoisotopic (exact) mass is 283 g/mol. The molecule has 106 valence electrons. The van der Waals surface area contributed by atoms with Crippen LogP contribution in [0.3, 0.4) is 0 Å². The predicted octanol–water partition coefficient (Wildman–Crippen LogP) is 0.684. The number of anilines is 1. The van der Waals surface area contributed by atoms with Crippen molar-refractivity contribution in [1.82, 2.24) is 10.0 Å². The summed E-state index contributed by atoms with van der Waals surface area (Å²) in [6.07, 6.45) is 3.48. The number of nitrogens with one attached hydrogen (secondary N) is 3. The highest BCUT2D eigenvalue weighted by Crippen LogP contribution is 2.25. The lowest BCUT2D eigenvalue weighted by atomic mass is 9.99. The van der Waals surface area contributed by atoms with E-state index in [1.54, 1.807) is 0 Å². The molecule has 3 N–H and O–H groups in total. The zero-order chi connectivity index (χ0) is 13.7. The van der Waals surface area contributed by atoms with Gasteiger partial charge in [0.25, 0.3) is 0 Å². The molecule has 5 nitrogen and oxygen atoms in total. The van der Waals surface area contributed by atoms with Gasteiger partial charge in [0, 0.05) is 31.9 Å². The lowest BCUT2D eigenvalue weighted by Gasteiger charge is -2.21. The molecule has 0 saturated heterocycles.